The van der Waals surface area contributed by atoms with Crippen LogP contribution in [0.1, 0.15) is 11.4 Å². The fourth-order valence-corrected chi connectivity index (χ4v) is 2.73. The van der Waals surface area contributed by atoms with Gasteiger partial charge in [0, 0.05) is 39.8 Å². The van der Waals surface area contributed by atoms with Gasteiger partial charge in [-0.2, -0.15) is 10.4 Å². The molecule has 2 heterocycles. The lowest BCUT2D eigenvalue weighted by Crippen LogP contribution is -2.46. The van der Waals surface area contributed by atoms with Crippen LogP contribution in [0.3, 0.4) is 0 Å². The van der Waals surface area contributed by atoms with E-state index in [9.17, 15) is 0 Å². The van der Waals surface area contributed by atoms with Crippen molar-refractivity contribution in [1.29, 1.82) is 5.26 Å². The van der Waals surface area contributed by atoms with E-state index in [4.69, 9.17) is 5.26 Å². The minimum atomic E-state index is 0.544. The number of rotatable bonds is 3. The Morgan fingerprint density at radius 1 is 1.28 bits per heavy atom. The summed E-state index contributed by atoms with van der Waals surface area (Å²) in [4.78, 5) is 4.61. The number of nitriles is 1. The summed E-state index contributed by atoms with van der Waals surface area (Å²) in [6, 6.07) is 2.21. The second-order valence-electron chi connectivity index (χ2n) is 4.68. The van der Waals surface area contributed by atoms with Gasteiger partial charge in [-0.05, 0) is 22.9 Å². The van der Waals surface area contributed by atoms with E-state index >= 15 is 0 Å². The van der Waals surface area contributed by atoms with Gasteiger partial charge < -0.3 is 0 Å². The lowest BCUT2D eigenvalue weighted by molar-refractivity contribution is 0.135. The third-order valence-corrected chi connectivity index (χ3v) is 4.43. The van der Waals surface area contributed by atoms with E-state index in [0.29, 0.717) is 6.54 Å². The van der Waals surface area contributed by atoms with Crippen LogP contribution in [0.25, 0.3) is 0 Å². The molecule has 0 bridgehead atoms. The summed E-state index contributed by atoms with van der Waals surface area (Å²) in [6.45, 7) is 7.44. The highest BCUT2D eigenvalue weighted by Gasteiger charge is 2.19. The quantitative estimate of drug-likeness (QED) is 0.785. The molecule has 2 rings (SSSR count). The monoisotopic (exact) mass is 311 g/mol. The molecule has 18 heavy (non-hydrogen) atoms. The maximum Gasteiger partial charge on any atom is 0.0866 e. The fraction of sp³-hybridized carbons (Fsp3) is 0.667. The third-order valence-electron chi connectivity index (χ3n) is 3.39. The Morgan fingerprint density at radius 3 is 2.39 bits per heavy atom. The molecule has 0 saturated carbocycles. The lowest BCUT2D eigenvalue weighted by atomic mass is 10.3. The molecule has 0 N–H and O–H groups in total. The fourth-order valence-electron chi connectivity index (χ4n) is 2.27. The largest absolute Gasteiger partial charge is 0.295 e. The highest BCUT2D eigenvalue weighted by atomic mass is 79.9. The molecule has 0 amide bonds. The number of piperazine rings is 1. The summed E-state index contributed by atoms with van der Waals surface area (Å²) in [5.41, 5.74) is 2.26. The predicted octanol–water partition coefficient (Wildman–Crippen LogP) is 1.13. The number of aromatic nitrogens is 2. The smallest absolute Gasteiger partial charge is 0.0866 e. The normalized spacial score (nSPS) is 17.9. The van der Waals surface area contributed by atoms with Crippen LogP contribution in [0.15, 0.2) is 4.47 Å². The van der Waals surface area contributed by atoms with E-state index < -0.39 is 0 Å². The zero-order valence-electron chi connectivity index (χ0n) is 10.9. The molecule has 1 aromatic rings. The predicted molar refractivity (Wildman–Crippen MR) is 73.0 cm³/mol. The molecule has 1 aliphatic heterocycles. The first kappa shape index (κ1) is 13.5. The molecule has 0 unspecified atom stereocenters. The summed E-state index contributed by atoms with van der Waals surface area (Å²) in [7, 11) is 1.99. The van der Waals surface area contributed by atoms with Crippen molar-refractivity contribution in [2.75, 3.05) is 32.7 Å². The Morgan fingerprint density at radius 2 is 1.89 bits per heavy atom. The zero-order chi connectivity index (χ0) is 13.1. The van der Waals surface area contributed by atoms with Crippen LogP contribution < -0.4 is 0 Å². The Hall–Kier alpha value is -0.900. The molecule has 0 atom stereocenters. The topological polar surface area (TPSA) is 48.1 Å². The van der Waals surface area contributed by atoms with Gasteiger partial charge in [0.25, 0.3) is 0 Å². The summed E-state index contributed by atoms with van der Waals surface area (Å²) in [5, 5.41) is 13.1. The number of hydrogen-bond donors (Lipinski definition) is 0. The Labute approximate surface area is 116 Å². The van der Waals surface area contributed by atoms with Crippen molar-refractivity contribution in [3.05, 3.63) is 15.9 Å². The van der Waals surface area contributed by atoms with Crippen molar-refractivity contribution in [3.8, 4) is 6.07 Å². The van der Waals surface area contributed by atoms with Crippen molar-refractivity contribution >= 4 is 15.9 Å². The van der Waals surface area contributed by atoms with Crippen LogP contribution in [0.5, 0.6) is 0 Å². The van der Waals surface area contributed by atoms with E-state index in [1.807, 2.05) is 18.7 Å². The minimum absolute atomic E-state index is 0.544. The van der Waals surface area contributed by atoms with Gasteiger partial charge in [0.1, 0.15) is 0 Å². The second-order valence-corrected chi connectivity index (χ2v) is 5.47. The molecule has 98 valence electrons. The van der Waals surface area contributed by atoms with Gasteiger partial charge in [-0.1, -0.05) is 0 Å². The second kappa shape index (κ2) is 5.83. The van der Waals surface area contributed by atoms with E-state index in [-0.39, 0.29) is 0 Å². The van der Waals surface area contributed by atoms with Crippen molar-refractivity contribution in [2.24, 2.45) is 7.05 Å². The van der Waals surface area contributed by atoms with E-state index in [1.165, 1.54) is 5.69 Å². The van der Waals surface area contributed by atoms with Gasteiger partial charge in [-0.3, -0.25) is 14.5 Å². The van der Waals surface area contributed by atoms with Crippen molar-refractivity contribution < 1.29 is 0 Å². The Bertz CT molecular complexity index is 454. The number of halogens is 1. The molecule has 0 aliphatic carbocycles. The molecule has 1 aliphatic rings. The van der Waals surface area contributed by atoms with Crippen LogP contribution in [0.4, 0.5) is 0 Å². The van der Waals surface area contributed by atoms with Crippen molar-refractivity contribution in [1.82, 2.24) is 19.6 Å². The number of aryl methyl sites for hydroxylation is 2. The third kappa shape index (κ3) is 2.91. The average molecular weight is 312 g/mol. The Balaban J connectivity index is 1.94. The summed E-state index contributed by atoms with van der Waals surface area (Å²) < 4.78 is 3.06. The molecule has 6 heteroatoms. The standard InChI is InChI=1S/C12H18BrN5/c1-10-12(13)11(16(2)15-10)9-18-7-5-17(4-3-14)6-8-18/h4-9H2,1-2H3. The number of nitrogens with zero attached hydrogens (tertiary/aromatic N) is 5. The molecular formula is C12H18BrN5. The van der Waals surface area contributed by atoms with Gasteiger partial charge >= 0.3 is 0 Å². The van der Waals surface area contributed by atoms with Crippen LogP contribution in [0, 0.1) is 18.3 Å². The van der Waals surface area contributed by atoms with Gasteiger partial charge in [0.2, 0.25) is 0 Å². The molecule has 0 aromatic carbocycles. The molecular weight excluding hydrogens is 294 g/mol. The first-order valence-corrected chi connectivity index (χ1v) is 6.90. The highest BCUT2D eigenvalue weighted by Crippen LogP contribution is 2.22. The van der Waals surface area contributed by atoms with Gasteiger partial charge in [0.15, 0.2) is 0 Å². The molecule has 0 radical (unpaired) electrons. The summed E-state index contributed by atoms with van der Waals surface area (Å²) in [5.74, 6) is 0. The van der Waals surface area contributed by atoms with E-state index in [2.05, 4.69) is 36.9 Å². The molecule has 1 fully saturated rings. The molecule has 5 nitrogen and oxygen atoms in total. The minimum Gasteiger partial charge on any atom is -0.295 e. The molecule has 0 spiro atoms. The first-order valence-electron chi connectivity index (χ1n) is 6.11. The lowest BCUT2D eigenvalue weighted by Gasteiger charge is -2.33. The van der Waals surface area contributed by atoms with Crippen LogP contribution in [-0.2, 0) is 13.6 Å². The van der Waals surface area contributed by atoms with Gasteiger partial charge in [-0.15, -0.1) is 0 Å². The van der Waals surface area contributed by atoms with E-state index in [0.717, 1.165) is 42.9 Å². The van der Waals surface area contributed by atoms with Gasteiger partial charge in [0.05, 0.1) is 28.5 Å². The molecule has 1 aromatic heterocycles. The Kier molecular flexibility index (Phi) is 4.38. The summed E-state index contributed by atoms with van der Waals surface area (Å²) >= 11 is 3.60. The highest BCUT2D eigenvalue weighted by molar-refractivity contribution is 9.10. The van der Waals surface area contributed by atoms with Gasteiger partial charge in [-0.25, -0.2) is 0 Å². The van der Waals surface area contributed by atoms with Crippen LogP contribution in [-0.4, -0.2) is 52.3 Å². The molecule has 1 saturated heterocycles. The van der Waals surface area contributed by atoms with E-state index in [1.54, 1.807) is 0 Å². The first-order chi connectivity index (χ1) is 8.61. The maximum atomic E-state index is 8.67. The van der Waals surface area contributed by atoms with Crippen molar-refractivity contribution in [3.63, 3.8) is 0 Å². The van der Waals surface area contributed by atoms with Crippen LogP contribution in [0.2, 0.25) is 0 Å². The maximum absolute atomic E-state index is 8.67. The zero-order valence-corrected chi connectivity index (χ0v) is 12.4. The van der Waals surface area contributed by atoms with Crippen molar-refractivity contribution in [2.45, 2.75) is 13.5 Å². The average Bonchev–Trinajstić information content (AvgIpc) is 2.59. The summed E-state index contributed by atoms with van der Waals surface area (Å²) in [6.07, 6.45) is 0. The number of hydrogen-bond acceptors (Lipinski definition) is 4. The van der Waals surface area contributed by atoms with Crippen LogP contribution >= 0.6 is 15.9 Å². The SMILES string of the molecule is Cc1nn(C)c(CN2CCN(CC#N)CC2)c1Br.